The third kappa shape index (κ3) is 2.82. The van der Waals surface area contributed by atoms with Crippen LogP contribution in [0.2, 0.25) is 5.02 Å². The van der Waals surface area contributed by atoms with E-state index in [1.54, 1.807) is 13.2 Å². The van der Waals surface area contributed by atoms with Gasteiger partial charge in [-0.3, -0.25) is 0 Å². The Balaban J connectivity index is 2.39. The van der Waals surface area contributed by atoms with Gasteiger partial charge in [0.05, 0.1) is 17.5 Å². The summed E-state index contributed by atoms with van der Waals surface area (Å²) in [5, 5.41) is 1.67. The number of thiophene rings is 1. The first-order valence-corrected chi connectivity index (χ1v) is 7.42. The summed E-state index contributed by atoms with van der Waals surface area (Å²) in [6, 6.07) is 4.64. The standard InChI is InChI=1S/C12H8BrCl2FOS/c1-17-6-2-11(18-5-6)12(15)7-3-9(14)8(13)4-10(7)16/h2-5,12H,1H3. The molecule has 1 heterocycles. The molecule has 1 nitrogen and oxygen atoms in total. The van der Waals surface area contributed by atoms with E-state index in [4.69, 9.17) is 27.9 Å². The van der Waals surface area contributed by atoms with Crippen molar-refractivity contribution in [3.05, 3.63) is 49.3 Å². The fourth-order valence-electron chi connectivity index (χ4n) is 1.46. The summed E-state index contributed by atoms with van der Waals surface area (Å²) in [4.78, 5) is 0.811. The molecule has 2 aromatic rings. The second kappa shape index (κ2) is 5.78. The van der Waals surface area contributed by atoms with Crippen molar-refractivity contribution in [2.45, 2.75) is 5.38 Å². The molecule has 6 heteroatoms. The van der Waals surface area contributed by atoms with Gasteiger partial charge in [-0.25, -0.2) is 4.39 Å². The predicted octanol–water partition coefficient (Wildman–Crippen LogP) is 5.64. The van der Waals surface area contributed by atoms with Gasteiger partial charge in [0.2, 0.25) is 0 Å². The van der Waals surface area contributed by atoms with Crippen molar-refractivity contribution in [3.63, 3.8) is 0 Å². The molecule has 0 saturated heterocycles. The minimum atomic E-state index is -0.579. The van der Waals surface area contributed by atoms with E-state index in [1.165, 1.54) is 23.5 Å². The maximum absolute atomic E-state index is 13.9. The van der Waals surface area contributed by atoms with Crippen LogP contribution in [0.3, 0.4) is 0 Å². The summed E-state index contributed by atoms with van der Waals surface area (Å²) >= 11 is 16.8. The van der Waals surface area contributed by atoms with E-state index in [0.29, 0.717) is 20.8 Å². The number of benzene rings is 1. The molecule has 1 unspecified atom stereocenters. The van der Waals surface area contributed by atoms with Crippen LogP contribution in [0.1, 0.15) is 15.8 Å². The second-order valence-electron chi connectivity index (χ2n) is 3.54. The highest BCUT2D eigenvalue weighted by molar-refractivity contribution is 9.10. The van der Waals surface area contributed by atoms with Crippen molar-refractivity contribution in [1.82, 2.24) is 0 Å². The Morgan fingerprint density at radius 2 is 2.11 bits per heavy atom. The maximum atomic E-state index is 13.9. The fourth-order valence-corrected chi connectivity index (χ4v) is 3.18. The highest BCUT2D eigenvalue weighted by atomic mass is 79.9. The zero-order valence-corrected chi connectivity index (χ0v) is 13.1. The lowest BCUT2D eigenvalue weighted by Crippen LogP contribution is -1.95. The zero-order chi connectivity index (χ0) is 13.3. The third-order valence-corrected chi connectivity index (χ3v) is 5.17. The molecule has 1 aromatic carbocycles. The minimum Gasteiger partial charge on any atom is -0.496 e. The molecule has 2 rings (SSSR count). The van der Waals surface area contributed by atoms with Gasteiger partial charge >= 0.3 is 0 Å². The number of hydrogen-bond donors (Lipinski definition) is 0. The molecule has 0 amide bonds. The molecule has 0 saturated carbocycles. The van der Waals surface area contributed by atoms with E-state index in [2.05, 4.69) is 15.9 Å². The first-order valence-electron chi connectivity index (χ1n) is 4.94. The molecule has 0 bridgehead atoms. The first-order chi connectivity index (χ1) is 8.52. The van der Waals surface area contributed by atoms with Crippen LogP contribution in [0.25, 0.3) is 0 Å². The summed E-state index contributed by atoms with van der Waals surface area (Å²) < 4.78 is 19.4. The van der Waals surface area contributed by atoms with Crippen LogP contribution in [0.4, 0.5) is 4.39 Å². The molecule has 96 valence electrons. The van der Waals surface area contributed by atoms with Crippen molar-refractivity contribution >= 4 is 50.5 Å². The van der Waals surface area contributed by atoms with Gasteiger partial charge in [-0.15, -0.1) is 22.9 Å². The Labute approximate surface area is 127 Å². The number of hydrogen-bond acceptors (Lipinski definition) is 2. The van der Waals surface area contributed by atoms with Crippen LogP contribution in [-0.4, -0.2) is 7.11 Å². The largest absolute Gasteiger partial charge is 0.496 e. The maximum Gasteiger partial charge on any atom is 0.129 e. The SMILES string of the molecule is COc1csc(C(Cl)c2cc(Cl)c(Br)cc2F)c1. The number of halogens is 4. The van der Waals surface area contributed by atoms with E-state index in [0.717, 1.165) is 4.88 Å². The molecule has 0 fully saturated rings. The van der Waals surface area contributed by atoms with E-state index in [9.17, 15) is 4.39 Å². The smallest absolute Gasteiger partial charge is 0.129 e. The average molecular weight is 370 g/mol. The van der Waals surface area contributed by atoms with Gasteiger partial charge in [-0.1, -0.05) is 11.6 Å². The van der Waals surface area contributed by atoms with Crippen molar-refractivity contribution in [1.29, 1.82) is 0 Å². The summed E-state index contributed by atoms with van der Waals surface area (Å²) in [6.07, 6.45) is 0. The number of rotatable bonds is 3. The molecule has 1 atom stereocenters. The van der Waals surface area contributed by atoms with Crippen LogP contribution < -0.4 is 4.74 Å². The topological polar surface area (TPSA) is 9.23 Å². The predicted molar refractivity (Wildman–Crippen MR) is 77.7 cm³/mol. The lowest BCUT2D eigenvalue weighted by molar-refractivity contribution is 0.416. The molecule has 0 aliphatic heterocycles. The Hall–Kier alpha value is -0.290. The molecular weight excluding hydrogens is 362 g/mol. The van der Waals surface area contributed by atoms with Gasteiger partial charge in [0.1, 0.15) is 11.6 Å². The lowest BCUT2D eigenvalue weighted by Gasteiger charge is -2.10. The van der Waals surface area contributed by atoms with Crippen LogP contribution in [0.5, 0.6) is 5.75 Å². The minimum absolute atomic E-state index is 0.356. The monoisotopic (exact) mass is 368 g/mol. The van der Waals surface area contributed by atoms with Gasteiger partial charge in [-0.2, -0.15) is 0 Å². The second-order valence-corrected chi connectivity index (χ2v) is 6.18. The number of methoxy groups -OCH3 is 1. The van der Waals surface area contributed by atoms with E-state index >= 15 is 0 Å². The van der Waals surface area contributed by atoms with Crippen LogP contribution in [0, 0.1) is 5.82 Å². The summed E-state index contributed by atoms with van der Waals surface area (Å²) in [6.45, 7) is 0. The Bertz CT molecular complexity index is 573. The number of ether oxygens (including phenoxy) is 1. The van der Waals surface area contributed by atoms with Crippen LogP contribution in [0.15, 0.2) is 28.1 Å². The van der Waals surface area contributed by atoms with Gasteiger partial charge in [-0.05, 0) is 34.1 Å². The lowest BCUT2D eigenvalue weighted by atomic mass is 10.1. The van der Waals surface area contributed by atoms with Crippen molar-refractivity contribution in [2.75, 3.05) is 7.11 Å². The first kappa shape index (κ1) is 14.1. The summed E-state index contributed by atoms with van der Waals surface area (Å²) in [5.74, 6) is 0.322. The Kier molecular flexibility index (Phi) is 4.54. The Morgan fingerprint density at radius 1 is 1.39 bits per heavy atom. The van der Waals surface area contributed by atoms with Gasteiger partial charge in [0, 0.05) is 20.3 Å². The molecule has 0 spiro atoms. The van der Waals surface area contributed by atoms with Crippen molar-refractivity contribution in [3.8, 4) is 5.75 Å². The normalized spacial score (nSPS) is 12.5. The number of alkyl halides is 1. The molecule has 1 aromatic heterocycles. The average Bonchev–Trinajstić information content (AvgIpc) is 2.81. The molecule has 0 aliphatic rings. The van der Waals surface area contributed by atoms with Crippen LogP contribution in [-0.2, 0) is 0 Å². The quantitative estimate of drug-likeness (QED) is 0.502. The highest BCUT2D eigenvalue weighted by Crippen LogP contribution is 2.38. The Morgan fingerprint density at radius 3 is 2.72 bits per heavy atom. The van der Waals surface area contributed by atoms with Crippen LogP contribution >= 0.6 is 50.5 Å². The van der Waals surface area contributed by atoms with Crippen molar-refractivity contribution < 1.29 is 9.13 Å². The molecule has 18 heavy (non-hydrogen) atoms. The molecule has 0 aliphatic carbocycles. The third-order valence-electron chi connectivity index (χ3n) is 2.39. The summed E-state index contributed by atoms with van der Waals surface area (Å²) in [7, 11) is 1.58. The fraction of sp³-hybridized carbons (Fsp3) is 0.167. The molecule has 0 radical (unpaired) electrons. The highest BCUT2D eigenvalue weighted by Gasteiger charge is 2.19. The van der Waals surface area contributed by atoms with E-state index < -0.39 is 11.2 Å². The zero-order valence-electron chi connectivity index (χ0n) is 9.22. The molecular formula is C12H8BrCl2FOS. The van der Waals surface area contributed by atoms with Gasteiger partial charge < -0.3 is 4.74 Å². The molecule has 0 N–H and O–H groups in total. The van der Waals surface area contributed by atoms with Gasteiger partial charge in [0.15, 0.2) is 0 Å². The summed E-state index contributed by atoms with van der Waals surface area (Å²) in [5.41, 5.74) is 0.356. The van der Waals surface area contributed by atoms with Gasteiger partial charge in [0.25, 0.3) is 0 Å². The van der Waals surface area contributed by atoms with Crippen molar-refractivity contribution in [2.24, 2.45) is 0 Å². The van der Waals surface area contributed by atoms with E-state index in [-0.39, 0.29) is 0 Å². The van der Waals surface area contributed by atoms with E-state index in [1.807, 2.05) is 5.38 Å².